The number of hydrogen-bond donors (Lipinski definition) is 1. The SMILES string of the molecule is Cc1ccc(-n2nc(C(=O)O)cc2C)c(Cl)c1. The van der Waals surface area contributed by atoms with Crippen LogP contribution in [0.5, 0.6) is 0 Å². The first kappa shape index (κ1) is 11.7. The summed E-state index contributed by atoms with van der Waals surface area (Å²) < 4.78 is 1.53. The molecule has 0 unspecified atom stereocenters. The van der Waals surface area contributed by atoms with Gasteiger partial charge < -0.3 is 5.11 Å². The van der Waals surface area contributed by atoms with Crippen molar-refractivity contribution in [1.29, 1.82) is 0 Å². The Morgan fingerprint density at radius 1 is 1.35 bits per heavy atom. The van der Waals surface area contributed by atoms with Crippen molar-refractivity contribution in [2.45, 2.75) is 13.8 Å². The van der Waals surface area contributed by atoms with Gasteiger partial charge in [-0.3, -0.25) is 0 Å². The standard InChI is InChI=1S/C12H11ClN2O2/c1-7-3-4-11(9(13)5-7)15-8(2)6-10(14-15)12(16)17/h3-6H,1-2H3,(H,16,17). The van der Waals surface area contributed by atoms with Crippen molar-refractivity contribution in [3.8, 4) is 5.69 Å². The molecule has 17 heavy (non-hydrogen) atoms. The summed E-state index contributed by atoms with van der Waals surface area (Å²) in [5.74, 6) is -1.05. The number of aromatic carboxylic acids is 1. The monoisotopic (exact) mass is 250 g/mol. The van der Waals surface area contributed by atoms with Crippen molar-refractivity contribution >= 4 is 17.6 Å². The molecule has 0 amide bonds. The lowest BCUT2D eigenvalue weighted by molar-refractivity contribution is 0.0690. The highest BCUT2D eigenvalue weighted by molar-refractivity contribution is 6.32. The van der Waals surface area contributed by atoms with E-state index < -0.39 is 5.97 Å². The summed E-state index contributed by atoms with van der Waals surface area (Å²) in [5, 5.41) is 13.4. The van der Waals surface area contributed by atoms with E-state index in [1.165, 1.54) is 10.7 Å². The predicted octanol–water partition coefficient (Wildman–Crippen LogP) is 2.84. The number of halogens is 1. The Bertz CT molecular complexity index is 590. The molecule has 0 aliphatic heterocycles. The molecular formula is C12H11ClN2O2. The van der Waals surface area contributed by atoms with Crippen LogP contribution in [0.2, 0.25) is 5.02 Å². The number of nitrogens with zero attached hydrogens (tertiary/aromatic N) is 2. The molecule has 1 heterocycles. The molecule has 0 fully saturated rings. The largest absolute Gasteiger partial charge is 0.476 e. The number of carboxylic acid groups (broad SMARTS) is 1. The number of hydrogen-bond acceptors (Lipinski definition) is 2. The van der Waals surface area contributed by atoms with E-state index >= 15 is 0 Å². The Hall–Kier alpha value is -1.81. The van der Waals surface area contributed by atoms with Gasteiger partial charge in [-0.15, -0.1) is 0 Å². The molecule has 0 aliphatic carbocycles. The van der Waals surface area contributed by atoms with Gasteiger partial charge in [0.25, 0.3) is 0 Å². The molecular weight excluding hydrogens is 240 g/mol. The summed E-state index contributed by atoms with van der Waals surface area (Å²) >= 11 is 6.12. The maximum Gasteiger partial charge on any atom is 0.356 e. The minimum atomic E-state index is -1.05. The van der Waals surface area contributed by atoms with Crippen LogP contribution in [-0.2, 0) is 0 Å². The second kappa shape index (κ2) is 4.22. The fourth-order valence-corrected chi connectivity index (χ4v) is 1.92. The van der Waals surface area contributed by atoms with Crippen LogP contribution >= 0.6 is 11.6 Å². The average molecular weight is 251 g/mol. The van der Waals surface area contributed by atoms with Gasteiger partial charge in [-0.25, -0.2) is 9.48 Å². The zero-order valence-electron chi connectivity index (χ0n) is 9.44. The predicted molar refractivity (Wildman–Crippen MR) is 65.0 cm³/mol. The van der Waals surface area contributed by atoms with E-state index in [9.17, 15) is 4.79 Å². The van der Waals surface area contributed by atoms with E-state index in [-0.39, 0.29) is 5.69 Å². The maximum absolute atomic E-state index is 10.8. The number of carbonyl (C=O) groups is 1. The second-order valence-corrected chi connectivity index (χ2v) is 4.25. The lowest BCUT2D eigenvalue weighted by Crippen LogP contribution is -2.03. The molecule has 1 aromatic heterocycles. The normalized spacial score (nSPS) is 10.5. The zero-order chi connectivity index (χ0) is 12.6. The molecule has 4 nitrogen and oxygen atoms in total. The molecule has 5 heteroatoms. The van der Waals surface area contributed by atoms with E-state index in [0.717, 1.165) is 11.3 Å². The van der Waals surface area contributed by atoms with Gasteiger partial charge in [-0.2, -0.15) is 5.10 Å². The van der Waals surface area contributed by atoms with Crippen LogP contribution in [0.25, 0.3) is 5.69 Å². The van der Waals surface area contributed by atoms with Crippen LogP contribution in [-0.4, -0.2) is 20.9 Å². The first-order valence-electron chi connectivity index (χ1n) is 5.05. The summed E-state index contributed by atoms with van der Waals surface area (Å²) in [6.07, 6.45) is 0. The van der Waals surface area contributed by atoms with E-state index in [0.29, 0.717) is 10.7 Å². The fraction of sp³-hybridized carbons (Fsp3) is 0.167. The summed E-state index contributed by atoms with van der Waals surface area (Å²) in [5.41, 5.74) is 2.47. The van der Waals surface area contributed by atoms with Crippen molar-refractivity contribution in [3.63, 3.8) is 0 Å². The topological polar surface area (TPSA) is 55.1 Å². The van der Waals surface area contributed by atoms with E-state index in [1.54, 1.807) is 6.92 Å². The van der Waals surface area contributed by atoms with Gasteiger partial charge in [0.2, 0.25) is 0 Å². The Kier molecular flexibility index (Phi) is 2.90. The van der Waals surface area contributed by atoms with Crippen LogP contribution in [0.3, 0.4) is 0 Å². The molecule has 88 valence electrons. The van der Waals surface area contributed by atoms with Crippen LogP contribution in [0.1, 0.15) is 21.7 Å². The molecule has 0 atom stereocenters. The number of aromatic nitrogens is 2. The Morgan fingerprint density at radius 3 is 2.59 bits per heavy atom. The summed E-state index contributed by atoms with van der Waals surface area (Å²) in [6.45, 7) is 3.73. The number of carboxylic acids is 1. The van der Waals surface area contributed by atoms with E-state index in [1.807, 2.05) is 25.1 Å². The molecule has 2 rings (SSSR count). The zero-order valence-corrected chi connectivity index (χ0v) is 10.2. The lowest BCUT2D eigenvalue weighted by Gasteiger charge is -2.07. The highest BCUT2D eigenvalue weighted by Gasteiger charge is 2.13. The van der Waals surface area contributed by atoms with Gasteiger partial charge in [0.05, 0.1) is 10.7 Å². The van der Waals surface area contributed by atoms with Gasteiger partial charge in [0.1, 0.15) is 0 Å². The van der Waals surface area contributed by atoms with E-state index in [4.69, 9.17) is 16.7 Å². The molecule has 2 aromatic rings. The van der Waals surface area contributed by atoms with Crippen molar-refractivity contribution in [2.24, 2.45) is 0 Å². The molecule has 1 N–H and O–H groups in total. The smallest absolute Gasteiger partial charge is 0.356 e. The van der Waals surface area contributed by atoms with Crippen LogP contribution in [0, 0.1) is 13.8 Å². The Labute approximate surface area is 103 Å². The van der Waals surface area contributed by atoms with Gasteiger partial charge >= 0.3 is 5.97 Å². The third kappa shape index (κ3) is 2.17. The fourth-order valence-electron chi connectivity index (χ4n) is 1.61. The quantitative estimate of drug-likeness (QED) is 0.892. The van der Waals surface area contributed by atoms with Crippen molar-refractivity contribution < 1.29 is 9.90 Å². The molecule has 0 saturated carbocycles. The highest BCUT2D eigenvalue weighted by Crippen LogP contribution is 2.22. The third-order valence-corrected chi connectivity index (χ3v) is 2.74. The van der Waals surface area contributed by atoms with Crippen LogP contribution in [0.4, 0.5) is 0 Å². The Morgan fingerprint density at radius 2 is 2.06 bits per heavy atom. The molecule has 0 saturated heterocycles. The van der Waals surface area contributed by atoms with Crippen molar-refractivity contribution in [3.05, 3.63) is 46.2 Å². The lowest BCUT2D eigenvalue weighted by atomic mass is 10.2. The van der Waals surface area contributed by atoms with E-state index in [2.05, 4.69) is 5.10 Å². The first-order chi connectivity index (χ1) is 7.99. The van der Waals surface area contributed by atoms with Gasteiger partial charge in [-0.1, -0.05) is 17.7 Å². The molecule has 1 aromatic carbocycles. The van der Waals surface area contributed by atoms with Crippen molar-refractivity contribution in [2.75, 3.05) is 0 Å². The molecule has 0 aliphatic rings. The van der Waals surface area contributed by atoms with Gasteiger partial charge in [-0.05, 0) is 37.6 Å². The second-order valence-electron chi connectivity index (χ2n) is 3.84. The Balaban J connectivity index is 2.56. The molecule has 0 spiro atoms. The number of aryl methyl sites for hydroxylation is 2. The minimum absolute atomic E-state index is 0.0131. The van der Waals surface area contributed by atoms with Gasteiger partial charge in [0.15, 0.2) is 5.69 Å². The summed E-state index contributed by atoms with van der Waals surface area (Å²) in [6, 6.07) is 7.06. The van der Waals surface area contributed by atoms with Crippen molar-refractivity contribution in [1.82, 2.24) is 9.78 Å². The van der Waals surface area contributed by atoms with Gasteiger partial charge in [0, 0.05) is 5.69 Å². The third-order valence-electron chi connectivity index (χ3n) is 2.44. The highest BCUT2D eigenvalue weighted by atomic mass is 35.5. The maximum atomic E-state index is 10.8. The summed E-state index contributed by atoms with van der Waals surface area (Å²) in [7, 11) is 0. The minimum Gasteiger partial charge on any atom is -0.476 e. The summed E-state index contributed by atoms with van der Waals surface area (Å²) in [4.78, 5) is 10.8. The van der Waals surface area contributed by atoms with Crippen LogP contribution < -0.4 is 0 Å². The van der Waals surface area contributed by atoms with Crippen LogP contribution in [0.15, 0.2) is 24.3 Å². The molecule has 0 radical (unpaired) electrons. The molecule has 0 bridgehead atoms. The number of rotatable bonds is 2. The number of benzene rings is 1. The first-order valence-corrected chi connectivity index (χ1v) is 5.43. The average Bonchev–Trinajstić information content (AvgIpc) is 2.61.